The fourth-order valence-electron chi connectivity index (χ4n) is 3.92. The minimum absolute atomic E-state index is 0.153. The predicted octanol–water partition coefficient (Wildman–Crippen LogP) is 4.08. The van der Waals surface area contributed by atoms with E-state index in [2.05, 4.69) is 33.1 Å². The second kappa shape index (κ2) is 6.35. The molecule has 1 saturated heterocycles. The molecule has 0 radical (unpaired) electrons. The van der Waals surface area contributed by atoms with Crippen LogP contribution in [0.5, 0.6) is 0 Å². The first-order valence-corrected chi connectivity index (χ1v) is 8.80. The second-order valence-corrected chi connectivity index (χ2v) is 7.64. The highest BCUT2D eigenvalue weighted by molar-refractivity contribution is 9.10. The van der Waals surface area contributed by atoms with Crippen molar-refractivity contribution in [3.05, 3.63) is 34.1 Å². The molecule has 0 amide bonds. The lowest BCUT2D eigenvalue weighted by molar-refractivity contribution is 0.00611. The van der Waals surface area contributed by atoms with Crippen LogP contribution >= 0.6 is 15.9 Å². The Morgan fingerprint density at radius 1 is 1.29 bits per heavy atom. The van der Waals surface area contributed by atoms with Crippen LogP contribution in [0.1, 0.15) is 44.6 Å². The van der Waals surface area contributed by atoms with Crippen molar-refractivity contribution in [2.75, 3.05) is 13.1 Å². The van der Waals surface area contributed by atoms with Crippen molar-refractivity contribution in [3.63, 3.8) is 0 Å². The molecule has 2 nitrogen and oxygen atoms in total. The Morgan fingerprint density at radius 2 is 2.05 bits per heavy atom. The highest BCUT2D eigenvalue weighted by atomic mass is 79.9. The minimum atomic E-state index is -0.153. The maximum absolute atomic E-state index is 13.6. The lowest BCUT2D eigenvalue weighted by atomic mass is 9.78. The van der Waals surface area contributed by atoms with Gasteiger partial charge in [0.1, 0.15) is 5.82 Å². The highest BCUT2D eigenvalue weighted by Crippen LogP contribution is 2.36. The third kappa shape index (κ3) is 3.49. The SMILES string of the molecule is CC1CN(Cc2cc(F)cc(Br)c2)C2(CCCCC2)CN1. The van der Waals surface area contributed by atoms with Crippen LogP contribution in [0.4, 0.5) is 4.39 Å². The molecule has 1 heterocycles. The van der Waals surface area contributed by atoms with Gasteiger partial charge in [-0.05, 0) is 43.5 Å². The molecule has 21 heavy (non-hydrogen) atoms. The molecule has 3 rings (SSSR count). The van der Waals surface area contributed by atoms with Crippen LogP contribution in [0.3, 0.4) is 0 Å². The third-order valence-corrected chi connectivity index (χ3v) is 5.48. The first-order valence-electron chi connectivity index (χ1n) is 8.01. The van der Waals surface area contributed by atoms with Crippen molar-refractivity contribution in [3.8, 4) is 0 Å². The van der Waals surface area contributed by atoms with Gasteiger partial charge in [-0.25, -0.2) is 4.39 Å². The summed E-state index contributed by atoms with van der Waals surface area (Å²) in [6.07, 6.45) is 6.53. The smallest absolute Gasteiger partial charge is 0.124 e. The topological polar surface area (TPSA) is 15.3 Å². The number of nitrogens with zero attached hydrogens (tertiary/aromatic N) is 1. The summed E-state index contributed by atoms with van der Waals surface area (Å²) in [4.78, 5) is 2.61. The summed E-state index contributed by atoms with van der Waals surface area (Å²) >= 11 is 3.41. The van der Waals surface area contributed by atoms with Gasteiger partial charge in [0.15, 0.2) is 0 Å². The molecular weight excluding hydrogens is 331 g/mol. The summed E-state index contributed by atoms with van der Waals surface area (Å²) in [5.74, 6) is -0.153. The zero-order valence-corrected chi connectivity index (χ0v) is 14.3. The van der Waals surface area contributed by atoms with E-state index in [0.717, 1.165) is 29.7 Å². The van der Waals surface area contributed by atoms with Crippen molar-refractivity contribution in [1.82, 2.24) is 10.2 Å². The fourth-order valence-corrected chi connectivity index (χ4v) is 4.44. The van der Waals surface area contributed by atoms with Crippen molar-refractivity contribution in [2.24, 2.45) is 0 Å². The number of hydrogen-bond acceptors (Lipinski definition) is 2. The van der Waals surface area contributed by atoms with Gasteiger partial charge in [0.2, 0.25) is 0 Å². The summed E-state index contributed by atoms with van der Waals surface area (Å²) in [6.45, 7) is 5.21. The van der Waals surface area contributed by atoms with Crippen LogP contribution in [0.25, 0.3) is 0 Å². The standard InChI is InChI=1S/C17H24BrFN2/c1-13-10-21(11-14-7-15(18)9-16(19)8-14)17(12-20-13)5-3-2-4-6-17/h7-9,13,20H,2-6,10-12H2,1H3. The lowest BCUT2D eigenvalue weighted by Crippen LogP contribution is -2.64. The van der Waals surface area contributed by atoms with Crippen molar-refractivity contribution < 1.29 is 4.39 Å². The first kappa shape index (κ1) is 15.4. The van der Waals surface area contributed by atoms with Crippen LogP contribution < -0.4 is 5.32 Å². The normalized spacial score (nSPS) is 26.1. The fraction of sp³-hybridized carbons (Fsp3) is 0.647. The van der Waals surface area contributed by atoms with Crippen LogP contribution in [0.2, 0.25) is 0 Å². The van der Waals surface area contributed by atoms with Crippen molar-refractivity contribution in [2.45, 2.75) is 57.2 Å². The van der Waals surface area contributed by atoms with Gasteiger partial charge in [0.05, 0.1) is 0 Å². The number of nitrogens with one attached hydrogen (secondary N) is 1. The molecule has 4 heteroatoms. The Balaban J connectivity index is 1.82. The molecule has 1 saturated carbocycles. The summed E-state index contributed by atoms with van der Waals surface area (Å²) < 4.78 is 14.5. The van der Waals surface area contributed by atoms with E-state index in [-0.39, 0.29) is 11.4 Å². The van der Waals surface area contributed by atoms with Gasteiger partial charge >= 0.3 is 0 Å². The molecule has 0 aromatic heterocycles. The maximum atomic E-state index is 13.6. The third-order valence-electron chi connectivity index (χ3n) is 5.02. The van der Waals surface area contributed by atoms with Crippen LogP contribution in [-0.4, -0.2) is 29.6 Å². The summed E-state index contributed by atoms with van der Waals surface area (Å²) in [6, 6.07) is 5.76. The van der Waals surface area contributed by atoms with E-state index in [1.54, 1.807) is 6.07 Å². The van der Waals surface area contributed by atoms with Crippen LogP contribution in [0.15, 0.2) is 22.7 Å². The van der Waals surface area contributed by atoms with Crippen LogP contribution in [0, 0.1) is 5.82 Å². The average molecular weight is 355 g/mol. The molecule has 1 spiro atoms. The number of hydrogen-bond donors (Lipinski definition) is 1. The Bertz CT molecular complexity index is 479. The van der Waals surface area contributed by atoms with E-state index in [0.29, 0.717) is 6.04 Å². The number of rotatable bonds is 2. The predicted molar refractivity (Wildman–Crippen MR) is 87.8 cm³/mol. The Kier molecular flexibility index (Phi) is 4.67. The number of piperazine rings is 1. The van der Waals surface area contributed by atoms with Gasteiger partial charge in [0.25, 0.3) is 0 Å². The maximum Gasteiger partial charge on any atom is 0.124 e. The molecule has 1 aromatic carbocycles. The van der Waals surface area contributed by atoms with E-state index >= 15 is 0 Å². The monoisotopic (exact) mass is 354 g/mol. The van der Waals surface area contributed by atoms with E-state index in [4.69, 9.17) is 0 Å². The zero-order valence-electron chi connectivity index (χ0n) is 12.7. The first-order chi connectivity index (χ1) is 10.1. The van der Waals surface area contributed by atoms with Gasteiger partial charge in [-0.1, -0.05) is 35.2 Å². The van der Waals surface area contributed by atoms with Gasteiger partial charge in [-0.3, -0.25) is 4.90 Å². The largest absolute Gasteiger partial charge is 0.311 e. The summed E-state index contributed by atoms with van der Waals surface area (Å²) in [7, 11) is 0. The van der Waals surface area contributed by atoms with E-state index in [9.17, 15) is 4.39 Å². The van der Waals surface area contributed by atoms with E-state index < -0.39 is 0 Å². The highest BCUT2D eigenvalue weighted by Gasteiger charge is 2.41. The molecule has 1 aliphatic carbocycles. The minimum Gasteiger partial charge on any atom is -0.311 e. The molecule has 2 fully saturated rings. The van der Waals surface area contributed by atoms with Gasteiger partial charge in [0, 0.05) is 35.7 Å². The van der Waals surface area contributed by atoms with E-state index in [1.807, 2.05) is 6.07 Å². The number of benzene rings is 1. The lowest BCUT2D eigenvalue weighted by Gasteiger charge is -2.51. The summed E-state index contributed by atoms with van der Waals surface area (Å²) in [5, 5.41) is 3.66. The van der Waals surface area contributed by atoms with Crippen molar-refractivity contribution in [1.29, 1.82) is 0 Å². The molecule has 1 unspecified atom stereocenters. The van der Waals surface area contributed by atoms with E-state index in [1.165, 1.54) is 38.2 Å². The van der Waals surface area contributed by atoms with Gasteiger partial charge in [-0.2, -0.15) is 0 Å². The molecule has 1 N–H and O–H groups in total. The van der Waals surface area contributed by atoms with Gasteiger partial charge in [-0.15, -0.1) is 0 Å². The molecular formula is C17H24BrFN2. The second-order valence-electron chi connectivity index (χ2n) is 6.73. The molecule has 0 bridgehead atoms. The molecule has 1 aromatic rings. The van der Waals surface area contributed by atoms with Crippen molar-refractivity contribution >= 4 is 15.9 Å². The summed E-state index contributed by atoms with van der Waals surface area (Å²) in [5.41, 5.74) is 1.35. The Hall–Kier alpha value is -0.450. The Morgan fingerprint density at radius 3 is 2.76 bits per heavy atom. The Labute approximate surface area is 135 Å². The molecule has 116 valence electrons. The molecule has 2 aliphatic rings. The molecule has 1 aliphatic heterocycles. The quantitative estimate of drug-likeness (QED) is 0.860. The van der Waals surface area contributed by atoms with Gasteiger partial charge < -0.3 is 5.32 Å². The van der Waals surface area contributed by atoms with Crippen LogP contribution in [-0.2, 0) is 6.54 Å². The number of halogens is 2. The average Bonchev–Trinajstić information content (AvgIpc) is 2.43. The zero-order chi connectivity index (χ0) is 14.9. The molecule has 1 atom stereocenters.